The zero-order chi connectivity index (χ0) is 22.8. The first-order valence-electron chi connectivity index (χ1n) is 10.4. The second kappa shape index (κ2) is 8.88. The lowest BCUT2D eigenvalue weighted by Gasteiger charge is -2.29. The molecule has 32 heavy (non-hydrogen) atoms. The largest absolute Gasteiger partial charge is 0.497 e. The Labute approximate surface area is 186 Å². The van der Waals surface area contributed by atoms with Crippen LogP contribution in [0.3, 0.4) is 0 Å². The lowest BCUT2D eigenvalue weighted by Crippen LogP contribution is -2.52. The molecular weight excluding hydrogens is 410 g/mol. The first-order valence-corrected chi connectivity index (χ1v) is 10.4. The molecule has 9 heteroatoms. The fraction of sp³-hybridized carbons (Fsp3) is 0.348. The molecule has 2 heterocycles. The second-order valence-electron chi connectivity index (χ2n) is 7.93. The molecule has 9 nitrogen and oxygen atoms in total. The molecule has 2 aromatic rings. The highest BCUT2D eigenvalue weighted by atomic mass is 16.5. The number of ether oxygens (including phenoxy) is 2. The van der Waals surface area contributed by atoms with Crippen molar-refractivity contribution in [3.05, 3.63) is 53.1 Å². The predicted molar refractivity (Wildman–Crippen MR) is 120 cm³/mol. The molecule has 2 unspecified atom stereocenters. The zero-order valence-corrected chi connectivity index (χ0v) is 18.6. The Bertz CT molecular complexity index is 1070. The molecule has 2 atom stereocenters. The summed E-state index contributed by atoms with van der Waals surface area (Å²) in [6.07, 6.45) is 2.16. The first-order chi connectivity index (χ1) is 15.4. The molecule has 1 fully saturated rings. The van der Waals surface area contributed by atoms with Gasteiger partial charge in [0.1, 0.15) is 30.4 Å². The molecule has 0 bridgehead atoms. The highest BCUT2D eigenvalue weighted by molar-refractivity contribution is 5.97. The number of carbonyl (C=O) groups excluding carboxylic acids is 2. The van der Waals surface area contributed by atoms with Crippen molar-refractivity contribution in [2.45, 2.75) is 32.4 Å². The van der Waals surface area contributed by atoms with E-state index in [4.69, 9.17) is 9.47 Å². The van der Waals surface area contributed by atoms with Crippen LogP contribution in [0.15, 0.2) is 41.5 Å². The van der Waals surface area contributed by atoms with Gasteiger partial charge in [-0.15, -0.1) is 0 Å². The number of methoxy groups -OCH3 is 2. The number of hydrogen-bond donors (Lipinski definition) is 2. The van der Waals surface area contributed by atoms with Gasteiger partial charge in [-0.1, -0.05) is 18.2 Å². The summed E-state index contributed by atoms with van der Waals surface area (Å²) in [4.78, 5) is 25.6. The maximum absolute atomic E-state index is 13.0. The summed E-state index contributed by atoms with van der Waals surface area (Å²) >= 11 is 0. The Hall–Kier alpha value is -3.59. The standard InChI is InChI=1S/C23H27N5O4/c1-14-5-6-16(9-15(14)2)19-11-20-23(30)27(24-13-28(20)26-19)12-22(29)25-18-8-7-17(31-3)10-21(18)32-4/h5-10,13,19-20,26H,11-12H2,1-4H3,(H,25,29). The number of fused-ring (bicyclic) bond motifs is 1. The van der Waals surface area contributed by atoms with E-state index in [0.717, 1.165) is 5.56 Å². The fourth-order valence-electron chi connectivity index (χ4n) is 3.88. The first kappa shape index (κ1) is 21.6. The number of carbonyl (C=O) groups is 2. The molecule has 0 aromatic heterocycles. The van der Waals surface area contributed by atoms with E-state index in [2.05, 4.69) is 47.9 Å². The number of anilines is 1. The number of rotatable bonds is 6. The predicted octanol–water partition coefficient (Wildman–Crippen LogP) is 2.36. The lowest BCUT2D eigenvalue weighted by molar-refractivity contribution is -0.139. The van der Waals surface area contributed by atoms with E-state index in [1.165, 1.54) is 23.2 Å². The van der Waals surface area contributed by atoms with Crippen LogP contribution in [-0.2, 0) is 9.59 Å². The van der Waals surface area contributed by atoms with Gasteiger partial charge in [-0.3, -0.25) is 14.6 Å². The average Bonchev–Trinajstić information content (AvgIpc) is 3.23. The van der Waals surface area contributed by atoms with Crippen molar-refractivity contribution in [3.8, 4) is 11.5 Å². The molecule has 0 radical (unpaired) electrons. The van der Waals surface area contributed by atoms with Gasteiger partial charge in [0.15, 0.2) is 0 Å². The van der Waals surface area contributed by atoms with Crippen molar-refractivity contribution in [1.82, 2.24) is 15.4 Å². The van der Waals surface area contributed by atoms with Gasteiger partial charge >= 0.3 is 0 Å². The molecular formula is C23H27N5O4. The summed E-state index contributed by atoms with van der Waals surface area (Å²) < 4.78 is 10.5. The summed E-state index contributed by atoms with van der Waals surface area (Å²) in [6.45, 7) is 3.96. The Balaban J connectivity index is 1.41. The van der Waals surface area contributed by atoms with Crippen molar-refractivity contribution in [2.24, 2.45) is 5.10 Å². The van der Waals surface area contributed by atoms with Crippen LogP contribution in [0.4, 0.5) is 5.69 Å². The maximum atomic E-state index is 13.0. The number of hydrogen-bond acceptors (Lipinski definition) is 7. The van der Waals surface area contributed by atoms with Gasteiger partial charge in [-0.05, 0) is 49.1 Å². The monoisotopic (exact) mass is 437 g/mol. The summed E-state index contributed by atoms with van der Waals surface area (Å²) in [5.74, 6) is 0.489. The zero-order valence-electron chi connectivity index (χ0n) is 18.6. The van der Waals surface area contributed by atoms with Crippen molar-refractivity contribution in [1.29, 1.82) is 0 Å². The van der Waals surface area contributed by atoms with Crippen LogP contribution in [-0.4, -0.2) is 55.0 Å². The molecule has 4 rings (SSSR count). The Kier molecular flexibility index (Phi) is 6.00. The number of hydrazine groups is 1. The van der Waals surface area contributed by atoms with Crippen LogP contribution in [0.2, 0.25) is 0 Å². The topological polar surface area (TPSA) is 95.5 Å². The molecule has 168 valence electrons. The third-order valence-corrected chi connectivity index (χ3v) is 5.86. The van der Waals surface area contributed by atoms with E-state index in [-0.39, 0.29) is 24.4 Å². The minimum Gasteiger partial charge on any atom is -0.497 e. The van der Waals surface area contributed by atoms with Crippen LogP contribution in [0.25, 0.3) is 0 Å². The number of hydrazone groups is 1. The molecule has 2 amide bonds. The van der Waals surface area contributed by atoms with E-state index in [9.17, 15) is 9.59 Å². The van der Waals surface area contributed by atoms with Gasteiger partial charge in [0, 0.05) is 6.07 Å². The Morgan fingerprint density at radius 3 is 2.69 bits per heavy atom. The minimum atomic E-state index is -0.414. The van der Waals surface area contributed by atoms with E-state index in [1.54, 1.807) is 36.7 Å². The van der Waals surface area contributed by atoms with Crippen molar-refractivity contribution >= 4 is 23.8 Å². The van der Waals surface area contributed by atoms with Crippen LogP contribution in [0.5, 0.6) is 11.5 Å². The molecule has 1 saturated heterocycles. The molecule has 2 aromatic carbocycles. The lowest BCUT2D eigenvalue weighted by atomic mass is 9.98. The van der Waals surface area contributed by atoms with Gasteiger partial charge in [0.05, 0.1) is 25.9 Å². The SMILES string of the molecule is COc1ccc(NC(=O)CN2N=CN3NC(c4ccc(C)c(C)c4)CC3C2=O)c(OC)c1. The quantitative estimate of drug-likeness (QED) is 0.721. The molecule has 2 N–H and O–H groups in total. The van der Waals surface area contributed by atoms with Crippen LogP contribution in [0.1, 0.15) is 29.2 Å². The number of nitrogens with zero attached hydrogens (tertiary/aromatic N) is 3. The van der Waals surface area contributed by atoms with Crippen molar-refractivity contribution < 1.29 is 19.1 Å². The number of amides is 2. The molecule has 0 aliphatic carbocycles. The number of benzene rings is 2. The highest BCUT2D eigenvalue weighted by Crippen LogP contribution is 2.31. The molecule has 2 aliphatic heterocycles. The van der Waals surface area contributed by atoms with Crippen LogP contribution in [0, 0.1) is 13.8 Å². The summed E-state index contributed by atoms with van der Waals surface area (Å²) in [5, 5.41) is 9.88. The van der Waals surface area contributed by atoms with Gasteiger partial charge in [-0.25, -0.2) is 10.4 Å². The highest BCUT2D eigenvalue weighted by Gasteiger charge is 2.41. The Morgan fingerprint density at radius 1 is 1.16 bits per heavy atom. The molecule has 0 saturated carbocycles. The van der Waals surface area contributed by atoms with E-state index in [0.29, 0.717) is 23.6 Å². The van der Waals surface area contributed by atoms with E-state index < -0.39 is 6.04 Å². The normalized spacial score (nSPS) is 19.7. The third-order valence-electron chi connectivity index (χ3n) is 5.86. The van der Waals surface area contributed by atoms with Crippen molar-refractivity contribution in [3.63, 3.8) is 0 Å². The van der Waals surface area contributed by atoms with Gasteiger partial charge in [0.2, 0.25) is 5.91 Å². The number of aryl methyl sites for hydroxylation is 2. The van der Waals surface area contributed by atoms with Crippen LogP contribution < -0.4 is 20.2 Å². The summed E-state index contributed by atoms with van der Waals surface area (Å²) in [7, 11) is 3.06. The maximum Gasteiger partial charge on any atom is 0.267 e. The third kappa shape index (κ3) is 4.24. The summed E-state index contributed by atoms with van der Waals surface area (Å²) in [5.41, 5.74) is 7.39. The van der Waals surface area contributed by atoms with Gasteiger partial charge < -0.3 is 14.8 Å². The second-order valence-corrected chi connectivity index (χ2v) is 7.93. The van der Waals surface area contributed by atoms with Gasteiger partial charge in [-0.2, -0.15) is 5.10 Å². The average molecular weight is 438 g/mol. The fourth-order valence-corrected chi connectivity index (χ4v) is 3.88. The molecule has 2 aliphatic rings. The van der Waals surface area contributed by atoms with E-state index in [1.807, 2.05) is 0 Å². The van der Waals surface area contributed by atoms with Crippen molar-refractivity contribution in [2.75, 3.05) is 26.1 Å². The number of nitrogens with one attached hydrogen (secondary N) is 2. The van der Waals surface area contributed by atoms with Crippen LogP contribution >= 0.6 is 0 Å². The van der Waals surface area contributed by atoms with E-state index >= 15 is 0 Å². The van der Waals surface area contributed by atoms with Gasteiger partial charge in [0.25, 0.3) is 5.91 Å². The smallest absolute Gasteiger partial charge is 0.267 e. The Morgan fingerprint density at radius 2 is 1.97 bits per heavy atom. The molecule has 0 spiro atoms. The minimum absolute atomic E-state index is 0.00652. The summed E-state index contributed by atoms with van der Waals surface area (Å²) in [6, 6.07) is 11.0.